The third-order valence-electron chi connectivity index (χ3n) is 3.16. The van der Waals surface area contributed by atoms with Crippen molar-refractivity contribution in [1.82, 2.24) is 0 Å². The lowest BCUT2D eigenvalue weighted by atomic mass is 9.94. The van der Waals surface area contributed by atoms with Gasteiger partial charge in [0.05, 0.1) is 6.10 Å². The molecule has 1 N–H and O–H groups in total. The molecule has 0 unspecified atom stereocenters. The summed E-state index contributed by atoms with van der Waals surface area (Å²) in [5.74, 6) is 0.235. The van der Waals surface area contributed by atoms with Gasteiger partial charge < -0.3 is 9.84 Å². The van der Waals surface area contributed by atoms with Crippen molar-refractivity contribution in [1.29, 1.82) is 0 Å². The number of phenols is 1. The summed E-state index contributed by atoms with van der Waals surface area (Å²) in [7, 11) is 0. The Labute approximate surface area is 108 Å². The van der Waals surface area contributed by atoms with Crippen LogP contribution in [-0.4, -0.2) is 11.2 Å². The molecule has 94 valence electrons. The Kier molecular flexibility index (Phi) is 3.68. The average molecular weight is 242 g/mol. The van der Waals surface area contributed by atoms with Gasteiger partial charge >= 0.3 is 0 Å². The van der Waals surface area contributed by atoms with Crippen molar-refractivity contribution in [2.75, 3.05) is 0 Å². The summed E-state index contributed by atoms with van der Waals surface area (Å²) in [6, 6.07) is 3.51. The van der Waals surface area contributed by atoms with E-state index in [2.05, 4.69) is 19.2 Å². The maximum Gasteiger partial charge on any atom is 0.122 e. The molecule has 2 nitrogen and oxygen atoms in total. The summed E-state index contributed by atoms with van der Waals surface area (Å²) < 4.78 is 5.87. The molecule has 0 saturated carbocycles. The quantitative estimate of drug-likeness (QED) is 0.809. The molecule has 0 radical (unpaired) electrons. The number of ether oxygens (including phenoxy) is 1. The van der Waals surface area contributed by atoms with E-state index in [1.54, 1.807) is 18.2 Å². The van der Waals surface area contributed by atoms with Crippen LogP contribution in [0.1, 0.15) is 36.1 Å². The van der Waals surface area contributed by atoms with E-state index in [1.165, 1.54) is 0 Å². The molecular formula is C16H18O2. The second-order valence-corrected chi connectivity index (χ2v) is 4.44. The molecule has 1 aliphatic heterocycles. The molecular weight excluding hydrogens is 224 g/mol. The average Bonchev–Trinajstić information content (AvgIpc) is 2.38. The highest BCUT2D eigenvalue weighted by atomic mass is 16.5. The Morgan fingerprint density at radius 2 is 2.11 bits per heavy atom. The molecule has 2 heteroatoms. The minimum atomic E-state index is -0.221. The minimum absolute atomic E-state index is 0.157. The number of benzene rings is 1. The van der Waals surface area contributed by atoms with E-state index in [9.17, 15) is 5.11 Å². The predicted molar refractivity (Wildman–Crippen MR) is 75.3 cm³/mol. The first-order valence-electron chi connectivity index (χ1n) is 6.10. The Morgan fingerprint density at radius 1 is 1.33 bits per heavy atom. The highest BCUT2D eigenvalue weighted by Gasteiger charge is 2.22. The Hall–Kier alpha value is -1.80. The summed E-state index contributed by atoms with van der Waals surface area (Å²) in [6.07, 6.45) is 8.41. The zero-order chi connectivity index (χ0) is 13.1. The summed E-state index contributed by atoms with van der Waals surface area (Å²) >= 11 is 0. The second kappa shape index (κ2) is 5.23. The Balaban J connectivity index is 2.54. The molecule has 2 atom stereocenters. The van der Waals surface area contributed by atoms with E-state index in [1.807, 2.05) is 19.1 Å². The first kappa shape index (κ1) is 12.7. The zero-order valence-electron chi connectivity index (χ0n) is 10.6. The van der Waals surface area contributed by atoms with Crippen molar-refractivity contribution in [3.05, 3.63) is 54.1 Å². The molecule has 2 rings (SSSR count). The second-order valence-electron chi connectivity index (χ2n) is 4.44. The molecule has 1 aromatic rings. The molecule has 1 aliphatic rings. The fraction of sp³-hybridized carbons (Fsp3) is 0.250. The van der Waals surface area contributed by atoms with Gasteiger partial charge in [-0.15, -0.1) is 0 Å². The normalized spacial score (nSPS) is 22.7. The van der Waals surface area contributed by atoms with Crippen LogP contribution in [0.3, 0.4) is 0 Å². The molecule has 1 heterocycles. The van der Waals surface area contributed by atoms with Crippen molar-refractivity contribution in [2.24, 2.45) is 0 Å². The SMILES string of the molecule is C=Cc1ccc(O)c([C@@H]2C=CC[C@H](C)O2)c1C=C. The summed E-state index contributed by atoms with van der Waals surface area (Å²) in [6.45, 7) is 9.63. The standard InChI is InChI=1S/C16H18O2/c1-4-12-9-10-14(17)16(13(12)5-2)15-8-6-7-11(3)18-15/h4-6,8-11,15,17H,1-2,7H2,3H3/t11-,15-/m0/s1. The smallest absolute Gasteiger partial charge is 0.122 e. The van der Waals surface area contributed by atoms with Crippen molar-refractivity contribution >= 4 is 12.2 Å². The molecule has 0 fully saturated rings. The predicted octanol–water partition coefficient (Wildman–Crippen LogP) is 4.08. The summed E-state index contributed by atoms with van der Waals surface area (Å²) in [4.78, 5) is 0. The maximum absolute atomic E-state index is 10.1. The Bertz CT molecular complexity index is 500. The number of aromatic hydroxyl groups is 1. The van der Waals surface area contributed by atoms with Gasteiger partial charge in [0.15, 0.2) is 0 Å². The number of hydrogen-bond donors (Lipinski definition) is 1. The molecule has 0 saturated heterocycles. The monoisotopic (exact) mass is 242 g/mol. The van der Waals surface area contributed by atoms with Crippen LogP contribution >= 0.6 is 0 Å². The van der Waals surface area contributed by atoms with Crippen molar-refractivity contribution in [3.8, 4) is 5.75 Å². The van der Waals surface area contributed by atoms with Crippen LogP contribution in [0.25, 0.3) is 12.2 Å². The van der Waals surface area contributed by atoms with Crippen LogP contribution in [0.5, 0.6) is 5.75 Å². The van der Waals surface area contributed by atoms with Crippen molar-refractivity contribution in [2.45, 2.75) is 25.6 Å². The maximum atomic E-state index is 10.1. The van der Waals surface area contributed by atoms with Gasteiger partial charge in [0.1, 0.15) is 11.9 Å². The highest BCUT2D eigenvalue weighted by Crippen LogP contribution is 2.37. The van der Waals surface area contributed by atoms with E-state index in [-0.39, 0.29) is 18.0 Å². The molecule has 1 aromatic carbocycles. The summed E-state index contributed by atoms with van der Waals surface area (Å²) in [5.41, 5.74) is 2.60. The van der Waals surface area contributed by atoms with Gasteiger partial charge in [-0.3, -0.25) is 0 Å². The number of rotatable bonds is 3. The summed E-state index contributed by atoms with van der Waals surface area (Å²) in [5, 5.41) is 10.1. The molecule has 0 aliphatic carbocycles. The van der Waals surface area contributed by atoms with Crippen molar-refractivity contribution < 1.29 is 9.84 Å². The van der Waals surface area contributed by atoms with Crippen molar-refractivity contribution in [3.63, 3.8) is 0 Å². The van der Waals surface area contributed by atoms with Gasteiger partial charge in [-0.1, -0.05) is 43.5 Å². The lowest BCUT2D eigenvalue weighted by Crippen LogP contribution is -2.16. The molecule has 0 bridgehead atoms. The van der Waals surface area contributed by atoms with Crippen LogP contribution in [0.4, 0.5) is 0 Å². The number of phenolic OH excluding ortho intramolecular Hbond substituents is 1. The number of hydrogen-bond acceptors (Lipinski definition) is 2. The van der Waals surface area contributed by atoms with Crippen LogP contribution < -0.4 is 0 Å². The van der Waals surface area contributed by atoms with E-state index in [0.717, 1.165) is 23.1 Å². The fourth-order valence-electron chi connectivity index (χ4n) is 2.26. The lowest BCUT2D eigenvalue weighted by molar-refractivity contribution is 0.0153. The third-order valence-corrected chi connectivity index (χ3v) is 3.16. The first-order valence-corrected chi connectivity index (χ1v) is 6.10. The van der Waals surface area contributed by atoms with Gasteiger partial charge in [0.25, 0.3) is 0 Å². The van der Waals surface area contributed by atoms with E-state index >= 15 is 0 Å². The lowest BCUT2D eigenvalue weighted by Gasteiger charge is -2.26. The zero-order valence-corrected chi connectivity index (χ0v) is 10.6. The molecule has 0 aromatic heterocycles. The van der Waals surface area contributed by atoms with Crippen LogP contribution in [0, 0.1) is 0 Å². The van der Waals surface area contributed by atoms with E-state index in [0.29, 0.717) is 0 Å². The van der Waals surface area contributed by atoms with Crippen LogP contribution in [0.2, 0.25) is 0 Å². The molecule has 0 amide bonds. The van der Waals surface area contributed by atoms with Crippen LogP contribution in [0.15, 0.2) is 37.4 Å². The third kappa shape index (κ3) is 2.24. The van der Waals surface area contributed by atoms with E-state index < -0.39 is 0 Å². The Morgan fingerprint density at radius 3 is 2.72 bits per heavy atom. The first-order chi connectivity index (χ1) is 8.67. The van der Waals surface area contributed by atoms with E-state index in [4.69, 9.17) is 4.74 Å². The van der Waals surface area contributed by atoms with Gasteiger partial charge in [-0.2, -0.15) is 0 Å². The minimum Gasteiger partial charge on any atom is -0.508 e. The van der Waals surface area contributed by atoms with Gasteiger partial charge in [0, 0.05) is 5.56 Å². The topological polar surface area (TPSA) is 29.5 Å². The highest BCUT2D eigenvalue weighted by molar-refractivity contribution is 5.69. The fourth-order valence-corrected chi connectivity index (χ4v) is 2.26. The van der Waals surface area contributed by atoms with Gasteiger partial charge in [-0.25, -0.2) is 0 Å². The molecule has 0 spiro atoms. The molecule has 18 heavy (non-hydrogen) atoms. The van der Waals surface area contributed by atoms with Gasteiger partial charge in [0.2, 0.25) is 0 Å². The van der Waals surface area contributed by atoms with Crippen LogP contribution in [-0.2, 0) is 4.74 Å². The van der Waals surface area contributed by atoms with Gasteiger partial charge in [-0.05, 0) is 30.5 Å². The largest absolute Gasteiger partial charge is 0.508 e.